The summed E-state index contributed by atoms with van der Waals surface area (Å²) in [4.78, 5) is 0.0233. The van der Waals surface area contributed by atoms with Crippen LogP contribution in [0.2, 0.25) is 5.02 Å². The number of rotatable bonds is 3. The van der Waals surface area contributed by atoms with Gasteiger partial charge in [0.15, 0.2) is 0 Å². The molecule has 0 unspecified atom stereocenters. The molecule has 0 saturated carbocycles. The van der Waals surface area contributed by atoms with E-state index in [1.165, 1.54) is 36.4 Å². The lowest BCUT2D eigenvalue weighted by atomic mass is 10.2. The quantitative estimate of drug-likeness (QED) is 0.791. The number of nitrogens with zero attached hydrogens (tertiary/aromatic N) is 1. The minimum absolute atomic E-state index is 0.0233. The fourth-order valence-corrected chi connectivity index (χ4v) is 4.00. The molecule has 2 aromatic rings. The van der Waals surface area contributed by atoms with E-state index in [9.17, 15) is 8.42 Å². The molecular formula is C13H9BrClN3O2S. The summed E-state index contributed by atoms with van der Waals surface area (Å²) in [6.07, 6.45) is 0. The fourth-order valence-electron chi connectivity index (χ4n) is 1.61. The molecule has 3 N–H and O–H groups in total. The first-order valence-corrected chi connectivity index (χ1v) is 8.26. The summed E-state index contributed by atoms with van der Waals surface area (Å²) in [6, 6.07) is 10.6. The number of nitrogens with one attached hydrogen (secondary N) is 1. The number of halogens is 2. The molecule has 0 amide bonds. The van der Waals surface area contributed by atoms with Crippen LogP contribution in [0, 0.1) is 11.3 Å². The van der Waals surface area contributed by atoms with Crippen LogP contribution in [0.25, 0.3) is 0 Å². The van der Waals surface area contributed by atoms with Gasteiger partial charge >= 0.3 is 0 Å². The van der Waals surface area contributed by atoms with Gasteiger partial charge in [-0.1, -0.05) is 11.6 Å². The Bertz CT molecular complexity index is 847. The van der Waals surface area contributed by atoms with E-state index in [4.69, 9.17) is 22.6 Å². The lowest BCUT2D eigenvalue weighted by Crippen LogP contribution is -2.14. The molecule has 0 spiro atoms. The van der Waals surface area contributed by atoms with E-state index in [-0.39, 0.29) is 15.6 Å². The summed E-state index contributed by atoms with van der Waals surface area (Å²) in [6.45, 7) is 0. The largest absolute Gasteiger partial charge is 0.399 e. The average molecular weight is 387 g/mol. The summed E-state index contributed by atoms with van der Waals surface area (Å²) in [5, 5.41) is 9.05. The lowest BCUT2D eigenvalue weighted by Gasteiger charge is -2.11. The number of hydrogen-bond acceptors (Lipinski definition) is 4. The Hall–Kier alpha value is -1.75. The summed E-state index contributed by atoms with van der Waals surface area (Å²) in [5.41, 5.74) is 6.46. The summed E-state index contributed by atoms with van der Waals surface area (Å²) in [5.74, 6) is 0. The van der Waals surface area contributed by atoms with Crippen molar-refractivity contribution in [2.75, 3.05) is 10.5 Å². The van der Waals surface area contributed by atoms with Gasteiger partial charge in [-0.15, -0.1) is 0 Å². The minimum atomic E-state index is -3.85. The Morgan fingerprint density at radius 2 is 1.95 bits per heavy atom. The Morgan fingerprint density at radius 1 is 1.24 bits per heavy atom. The smallest absolute Gasteiger partial charge is 0.263 e. The van der Waals surface area contributed by atoms with E-state index >= 15 is 0 Å². The Labute approximate surface area is 135 Å². The van der Waals surface area contributed by atoms with E-state index in [1.807, 2.05) is 6.07 Å². The van der Waals surface area contributed by atoms with E-state index < -0.39 is 10.0 Å². The third-order valence-electron chi connectivity index (χ3n) is 2.59. The number of anilines is 2. The molecule has 0 heterocycles. The van der Waals surface area contributed by atoms with E-state index in [1.54, 1.807) is 0 Å². The first-order valence-electron chi connectivity index (χ1n) is 5.61. The molecule has 0 aliphatic rings. The van der Waals surface area contributed by atoms with Crippen LogP contribution in [0.5, 0.6) is 0 Å². The van der Waals surface area contributed by atoms with Gasteiger partial charge in [-0.05, 0) is 52.3 Å². The van der Waals surface area contributed by atoms with E-state index in [2.05, 4.69) is 20.7 Å². The van der Waals surface area contributed by atoms with Gasteiger partial charge in [-0.3, -0.25) is 4.72 Å². The second-order valence-corrected chi connectivity index (χ2v) is 7.01. The van der Waals surface area contributed by atoms with Gasteiger partial charge in [0, 0.05) is 10.2 Å². The number of nitrogens with two attached hydrogens (primary N) is 1. The van der Waals surface area contributed by atoms with Crippen molar-refractivity contribution in [1.82, 2.24) is 0 Å². The van der Waals surface area contributed by atoms with Crippen LogP contribution in [0.1, 0.15) is 5.56 Å². The van der Waals surface area contributed by atoms with Gasteiger partial charge in [0.2, 0.25) is 0 Å². The van der Waals surface area contributed by atoms with Gasteiger partial charge in [0.05, 0.1) is 22.3 Å². The number of nitrogen functional groups attached to an aromatic ring is 1. The fraction of sp³-hybridized carbons (Fsp3) is 0. The maximum atomic E-state index is 12.4. The van der Waals surface area contributed by atoms with Crippen LogP contribution in [0.3, 0.4) is 0 Å². The molecule has 21 heavy (non-hydrogen) atoms. The van der Waals surface area contributed by atoms with Crippen molar-refractivity contribution in [3.8, 4) is 6.07 Å². The standard InChI is InChI=1S/C13H9BrClN3O2S/c14-10-6-9(17)2-4-13(10)21(19,20)18-12-5-8(7-16)1-3-11(12)15/h1-6,18H,17H2. The normalized spacial score (nSPS) is 10.9. The SMILES string of the molecule is N#Cc1ccc(Cl)c(NS(=O)(=O)c2ccc(N)cc2Br)c1. The van der Waals surface area contributed by atoms with Gasteiger partial charge in [-0.2, -0.15) is 5.26 Å². The molecular weight excluding hydrogens is 378 g/mol. The van der Waals surface area contributed by atoms with E-state index in [0.29, 0.717) is 15.7 Å². The Kier molecular flexibility index (Phi) is 4.42. The van der Waals surface area contributed by atoms with Gasteiger partial charge in [0.25, 0.3) is 10.0 Å². The topological polar surface area (TPSA) is 96.0 Å². The number of hydrogen-bond donors (Lipinski definition) is 2. The minimum Gasteiger partial charge on any atom is -0.399 e. The third-order valence-corrected chi connectivity index (χ3v) is 5.26. The van der Waals surface area contributed by atoms with Crippen molar-refractivity contribution in [3.63, 3.8) is 0 Å². The first kappa shape index (κ1) is 15.6. The molecule has 5 nitrogen and oxygen atoms in total. The molecule has 2 aromatic carbocycles. The molecule has 108 valence electrons. The zero-order chi connectivity index (χ0) is 15.6. The molecule has 2 rings (SSSR count). The summed E-state index contributed by atoms with van der Waals surface area (Å²) < 4.78 is 27.4. The van der Waals surface area contributed by atoms with Crippen molar-refractivity contribution in [2.24, 2.45) is 0 Å². The van der Waals surface area contributed by atoms with Crippen molar-refractivity contribution in [2.45, 2.75) is 4.90 Å². The van der Waals surface area contributed by atoms with E-state index in [0.717, 1.165) is 0 Å². The molecule has 0 fully saturated rings. The van der Waals surface area contributed by atoms with Crippen LogP contribution >= 0.6 is 27.5 Å². The summed E-state index contributed by atoms with van der Waals surface area (Å²) in [7, 11) is -3.85. The molecule has 0 aromatic heterocycles. The number of sulfonamides is 1. The third kappa shape index (κ3) is 3.47. The van der Waals surface area contributed by atoms with Crippen LogP contribution in [-0.2, 0) is 10.0 Å². The van der Waals surface area contributed by atoms with Crippen molar-refractivity contribution in [3.05, 3.63) is 51.5 Å². The van der Waals surface area contributed by atoms with Crippen molar-refractivity contribution in [1.29, 1.82) is 5.26 Å². The van der Waals surface area contributed by atoms with Crippen LogP contribution in [-0.4, -0.2) is 8.42 Å². The lowest BCUT2D eigenvalue weighted by molar-refractivity contribution is 0.601. The molecule has 0 saturated heterocycles. The molecule has 0 aliphatic carbocycles. The highest BCUT2D eigenvalue weighted by atomic mass is 79.9. The Morgan fingerprint density at radius 3 is 2.57 bits per heavy atom. The maximum absolute atomic E-state index is 12.4. The Balaban J connectivity index is 2.45. The molecule has 0 atom stereocenters. The summed E-state index contributed by atoms with van der Waals surface area (Å²) >= 11 is 9.10. The van der Waals surface area contributed by atoms with Gasteiger partial charge < -0.3 is 5.73 Å². The van der Waals surface area contributed by atoms with Crippen molar-refractivity contribution >= 4 is 48.9 Å². The molecule has 0 radical (unpaired) electrons. The predicted molar refractivity (Wildman–Crippen MR) is 85.5 cm³/mol. The molecule has 0 aliphatic heterocycles. The second-order valence-electron chi connectivity index (χ2n) is 4.10. The van der Waals surface area contributed by atoms with Crippen LogP contribution in [0.15, 0.2) is 45.8 Å². The van der Waals surface area contributed by atoms with Gasteiger partial charge in [0.1, 0.15) is 4.90 Å². The highest BCUT2D eigenvalue weighted by molar-refractivity contribution is 9.10. The highest BCUT2D eigenvalue weighted by Crippen LogP contribution is 2.29. The molecule has 8 heteroatoms. The van der Waals surface area contributed by atoms with Crippen LogP contribution < -0.4 is 10.5 Å². The van der Waals surface area contributed by atoms with Gasteiger partial charge in [-0.25, -0.2) is 8.42 Å². The number of nitriles is 1. The monoisotopic (exact) mass is 385 g/mol. The number of benzene rings is 2. The zero-order valence-electron chi connectivity index (χ0n) is 10.5. The first-order chi connectivity index (χ1) is 9.83. The predicted octanol–water partition coefficient (Wildman–Crippen LogP) is 3.36. The van der Waals surface area contributed by atoms with Crippen LogP contribution in [0.4, 0.5) is 11.4 Å². The second kappa shape index (κ2) is 5.93. The van der Waals surface area contributed by atoms with Crippen molar-refractivity contribution < 1.29 is 8.42 Å². The zero-order valence-corrected chi connectivity index (χ0v) is 13.6. The highest BCUT2D eigenvalue weighted by Gasteiger charge is 2.19. The maximum Gasteiger partial charge on any atom is 0.263 e. The average Bonchev–Trinajstić information content (AvgIpc) is 2.40. The molecule has 0 bridgehead atoms.